The summed E-state index contributed by atoms with van der Waals surface area (Å²) in [5, 5.41) is 0. The van der Waals surface area contributed by atoms with E-state index < -0.39 is 5.97 Å². The lowest BCUT2D eigenvalue weighted by molar-refractivity contribution is 0.0515. The molecule has 1 aliphatic rings. The maximum absolute atomic E-state index is 12.2. The average Bonchev–Trinajstić information content (AvgIpc) is 3.23. The highest BCUT2D eigenvalue weighted by Crippen LogP contribution is 2.40. The smallest absolute Gasteiger partial charge is 0.357 e. The topological polar surface area (TPSA) is 64.1 Å². The predicted molar refractivity (Wildman–Crippen MR) is 74.3 cm³/mol. The maximum Gasteiger partial charge on any atom is 0.357 e. The number of para-hydroxylation sites is 1. The van der Waals surface area contributed by atoms with E-state index in [9.17, 15) is 9.59 Å². The first-order valence-corrected chi connectivity index (χ1v) is 6.79. The first-order valence-electron chi connectivity index (χ1n) is 6.79. The van der Waals surface area contributed by atoms with E-state index in [1.54, 1.807) is 19.1 Å². The average molecular weight is 272 g/mol. The van der Waals surface area contributed by atoms with Crippen LogP contribution in [0.15, 0.2) is 35.1 Å². The number of carbonyl (C=O) groups excluding carboxylic acids is 1. The van der Waals surface area contributed by atoms with E-state index in [4.69, 9.17) is 4.74 Å². The van der Waals surface area contributed by atoms with Crippen molar-refractivity contribution in [3.05, 3.63) is 52.2 Å². The normalized spacial score (nSPS) is 14.2. The number of ether oxygens (including phenoxy) is 1. The van der Waals surface area contributed by atoms with E-state index in [0.29, 0.717) is 17.1 Å². The molecular formula is C15H16N2O3. The first kappa shape index (κ1) is 12.7. The van der Waals surface area contributed by atoms with Crippen LogP contribution in [0.5, 0.6) is 0 Å². The van der Waals surface area contributed by atoms with Crippen LogP contribution in [0.25, 0.3) is 5.69 Å². The number of H-pyrrole nitrogens is 1. The van der Waals surface area contributed by atoms with Crippen molar-refractivity contribution in [2.24, 2.45) is 0 Å². The molecule has 1 saturated carbocycles. The molecule has 1 heterocycles. The lowest BCUT2D eigenvalue weighted by Crippen LogP contribution is -2.20. The van der Waals surface area contributed by atoms with Crippen molar-refractivity contribution in [2.45, 2.75) is 25.7 Å². The van der Waals surface area contributed by atoms with Gasteiger partial charge in [0, 0.05) is 5.92 Å². The molecule has 1 aliphatic carbocycles. The monoisotopic (exact) mass is 272 g/mol. The van der Waals surface area contributed by atoms with Gasteiger partial charge in [-0.3, -0.25) is 4.57 Å². The van der Waals surface area contributed by atoms with Crippen molar-refractivity contribution >= 4 is 5.97 Å². The molecule has 2 aromatic rings. The number of imidazole rings is 1. The Balaban J connectivity index is 2.17. The van der Waals surface area contributed by atoms with Crippen molar-refractivity contribution in [3.8, 4) is 5.69 Å². The molecule has 1 N–H and O–H groups in total. The van der Waals surface area contributed by atoms with Gasteiger partial charge in [-0.1, -0.05) is 18.2 Å². The van der Waals surface area contributed by atoms with Crippen LogP contribution in [0, 0.1) is 0 Å². The molecule has 0 saturated heterocycles. The van der Waals surface area contributed by atoms with E-state index in [1.807, 2.05) is 18.2 Å². The zero-order valence-corrected chi connectivity index (χ0v) is 11.3. The van der Waals surface area contributed by atoms with E-state index in [0.717, 1.165) is 12.8 Å². The molecule has 0 atom stereocenters. The SMILES string of the molecule is CCOC(=O)c1c(C2CC2)[nH]c(=O)n1-c1ccccc1. The Bertz CT molecular complexity index is 681. The Morgan fingerprint density at radius 1 is 1.35 bits per heavy atom. The Labute approximate surface area is 116 Å². The van der Waals surface area contributed by atoms with Gasteiger partial charge in [-0.25, -0.2) is 9.59 Å². The Morgan fingerprint density at radius 3 is 2.65 bits per heavy atom. The van der Waals surface area contributed by atoms with Gasteiger partial charge in [-0.2, -0.15) is 0 Å². The minimum Gasteiger partial charge on any atom is -0.461 e. The summed E-state index contributed by atoms with van der Waals surface area (Å²) in [4.78, 5) is 27.2. The fraction of sp³-hybridized carbons (Fsp3) is 0.333. The van der Waals surface area contributed by atoms with Gasteiger partial charge in [0.15, 0.2) is 5.69 Å². The number of hydrogen-bond donors (Lipinski definition) is 1. The number of nitrogens with one attached hydrogen (secondary N) is 1. The second-order valence-corrected chi connectivity index (χ2v) is 4.86. The van der Waals surface area contributed by atoms with Crippen LogP contribution < -0.4 is 5.69 Å². The number of rotatable bonds is 4. The first-order chi connectivity index (χ1) is 9.72. The summed E-state index contributed by atoms with van der Waals surface area (Å²) < 4.78 is 6.51. The molecule has 1 aromatic carbocycles. The lowest BCUT2D eigenvalue weighted by atomic mass is 10.2. The Kier molecular flexibility index (Phi) is 3.18. The molecule has 0 aliphatic heterocycles. The highest BCUT2D eigenvalue weighted by atomic mass is 16.5. The maximum atomic E-state index is 12.2. The van der Waals surface area contributed by atoms with Gasteiger partial charge in [0.05, 0.1) is 18.0 Å². The number of nitrogens with zero attached hydrogens (tertiary/aromatic N) is 1. The molecular weight excluding hydrogens is 256 g/mol. The summed E-state index contributed by atoms with van der Waals surface area (Å²) in [5.74, 6) is -0.177. The van der Waals surface area contributed by atoms with Gasteiger partial charge in [0.2, 0.25) is 0 Å². The van der Waals surface area contributed by atoms with Gasteiger partial charge in [0.25, 0.3) is 0 Å². The molecule has 3 rings (SSSR count). The highest BCUT2D eigenvalue weighted by Gasteiger charge is 2.33. The summed E-state index contributed by atoms with van der Waals surface area (Å²) in [6, 6.07) is 9.14. The van der Waals surface area contributed by atoms with Crippen molar-refractivity contribution in [1.29, 1.82) is 0 Å². The molecule has 5 nitrogen and oxygen atoms in total. The second kappa shape index (κ2) is 5.00. The second-order valence-electron chi connectivity index (χ2n) is 4.86. The van der Waals surface area contributed by atoms with Crippen LogP contribution in [0.3, 0.4) is 0 Å². The molecule has 5 heteroatoms. The van der Waals surface area contributed by atoms with Gasteiger partial charge in [-0.05, 0) is 31.9 Å². The fourth-order valence-electron chi connectivity index (χ4n) is 2.34. The number of hydrogen-bond acceptors (Lipinski definition) is 3. The summed E-state index contributed by atoms with van der Waals surface area (Å²) >= 11 is 0. The summed E-state index contributed by atoms with van der Waals surface area (Å²) in [6.07, 6.45) is 2.00. The van der Waals surface area contributed by atoms with E-state index in [1.165, 1.54) is 4.57 Å². The largest absolute Gasteiger partial charge is 0.461 e. The number of benzene rings is 1. The zero-order valence-electron chi connectivity index (χ0n) is 11.3. The minimum atomic E-state index is -0.448. The summed E-state index contributed by atoms with van der Waals surface area (Å²) in [5.41, 5.74) is 1.42. The summed E-state index contributed by atoms with van der Waals surface area (Å²) in [7, 11) is 0. The van der Waals surface area contributed by atoms with Gasteiger partial charge in [-0.15, -0.1) is 0 Å². The molecule has 20 heavy (non-hydrogen) atoms. The van der Waals surface area contributed by atoms with Crippen molar-refractivity contribution < 1.29 is 9.53 Å². The third-order valence-corrected chi connectivity index (χ3v) is 3.39. The van der Waals surface area contributed by atoms with E-state index in [2.05, 4.69) is 4.98 Å². The standard InChI is InChI=1S/C15H16N2O3/c1-2-20-14(18)13-12(10-8-9-10)16-15(19)17(13)11-6-4-3-5-7-11/h3-7,10H,2,8-9H2,1H3,(H,16,19). The van der Waals surface area contributed by atoms with Crippen molar-refractivity contribution in [2.75, 3.05) is 6.61 Å². The van der Waals surface area contributed by atoms with Crippen LogP contribution in [0.4, 0.5) is 0 Å². The minimum absolute atomic E-state index is 0.270. The fourth-order valence-corrected chi connectivity index (χ4v) is 2.34. The quantitative estimate of drug-likeness (QED) is 0.868. The van der Waals surface area contributed by atoms with Crippen LogP contribution in [0.1, 0.15) is 41.9 Å². The van der Waals surface area contributed by atoms with E-state index >= 15 is 0 Å². The Hall–Kier alpha value is -2.30. The third kappa shape index (κ3) is 2.15. The molecule has 0 bridgehead atoms. The van der Waals surface area contributed by atoms with Gasteiger partial charge < -0.3 is 9.72 Å². The van der Waals surface area contributed by atoms with Crippen LogP contribution in [-0.2, 0) is 4.74 Å². The Morgan fingerprint density at radius 2 is 2.05 bits per heavy atom. The lowest BCUT2D eigenvalue weighted by Gasteiger charge is -2.08. The van der Waals surface area contributed by atoms with Crippen molar-refractivity contribution in [3.63, 3.8) is 0 Å². The molecule has 0 unspecified atom stereocenters. The highest BCUT2D eigenvalue weighted by molar-refractivity contribution is 5.90. The predicted octanol–water partition coefficient (Wildman–Crippen LogP) is 2.22. The van der Waals surface area contributed by atoms with Crippen LogP contribution in [-0.4, -0.2) is 22.1 Å². The zero-order chi connectivity index (χ0) is 14.1. The molecule has 1 aromatic heterocycles. The summed E-state index contributed by atoms with van der Waals surface area (Å²) in [6.45, 7) is 2.05. The van der Waals surface area contributed by atoms with Crippen molar-refractivity contribution in [1.82, 2.24) is 9.55 Å². The van der Waals surface area contributed by atoms with Crippen LogP contribution >= 0.6 is 0 Å². The van der Waals surface area contributed by atoms with Crippen LogP contribution in [0.2, 0.25) is 0 Å². The molecule has 0 amide bonds. The number of carbonyl (C=O) groups is 1. The van der Waals surface area contributed by atoms with E-state index in [-0.39, 0.29) is 18.2 Å². The van der Waals surface area contributed by atoms with Gasteiger partial charge in [0.1, 0.15) is 0 Å². The molecule has 1 fully saturated rings. The molecule has 0 radical (unpaired) electrons. The third-order valence-electron chi connectivity index (χ3n) is 3.39. The molecule has 0 spiro atoms. The number of aromatic amines is 1. The number of aromatic nitrogens is 2. The number of esters is 1. The van der Waals surface area contributed by atoms with Gasteiger partial charge >= 0.3 is 11.7 Å². The molecule has 104 valence electrons.